The van der Waals surface area contributed by atoms with Gasteiger partial charge in [-0.1, -0.05) is 18.6 Å². The second-order valence-corrected chi connectivity index (χ2v) is 5.97. The summed E-state index contributed by atoms with van der Waals surface area (Å²) in [4.78, 5) is 23.6. The number of methoxy groups -OCH3 is 1. The Labute approximate surface area is 134 Å². The van der Waals surface area contributed by atoms with Gasteiger partial charge in [0.1, 0.15) is 11.9 Å². The SMILES string of the molecule is COC1CCCC(C(NC(=O)Cc2cccc(F)c2)C(=O)O)C1. The van der Waals surface area contributed by atoms with Gasteiger partial charge in [-0.2, -0.15) is 0 Å². The molecule has 0 spiro atoms. The molecule has 0 bridgehead atoms. The normalized spacial score (nSPS) is 22.3. The lowest BCUT2D eigenvalue weighted by Crippen LogP contribution is -2.48. The minimum absolute atomic E-state index is 0.0377. The maximum absolute atomic E-state index is 13.1. The maximum Gasteiger partial charge on any atom is 0.326 e. The van der Waals surface area contributed by atoms with Crippen molar-refractivity contribution in [1.82, 2.24) is 5.32 Å². The smallest absolute Gasteiger partial charge is 0.326 e. The van der Waals surface area contributed by atoms with E-state index in [0.717, 1.165) is 19.3 Å². The van der Waals surface area contributed by atoms with Gasteiger partial charge < -0.3 is 15.2 Å². The number of benzene rings is 1. The Bertz CT molecular complexity index is 563. The fourth-order valence-electron chi connectivity index (χ4n) is 3.14. The number of amides is 1. The summed E-state index contributed by atoms with van der Waals surface area (Å²) < 4.78 is 18.5. The summed E-state index contributed by atoms with van der Waals surface area (Å²) in [6.07, 6.45) is 3.16. The van der Waals surface area contributed by atoms with Crippen LogP contribution in [-0.4, -0.2) is 36.2 Å². The second-order valence-electron chi connectivity index (χ2n) is 5.97. The van der Waals surface area contributed by atoms with Gasteiger partial charge in [0, 0.05) is 7.11 Å². The zero-order valence-electron chi connectivity index (χ0n) is 13.1. The van der Waals surface area contributed by atoms with Crippen molar-refractivity contribution in [3.8, 4) is 0 Å². The van der Waals surface area contributed by atoms with Gasteiger partial charge in [-0.3, -0.25) is 4.79 Å². The minimum Gasteiger partial charge on any atom is -0.480 e. The number of carbonyl (C=O) groups is 2. The van der Waals surface area contributed by atoms with Crippen LogP contribution >= 0.6 is 0 Å². The minimum atomic E-state index is -1.04. The average Bonchev–Trinajstić information content (AvgIpc) is 2.52. The molecule has 1 aromatic carbocycles. The number of nitrogens with one attached hydrogen (secondary N) is 1. The lowest BCUT2D eigenvalue weighted by Gasteiger charge is -2.32. The lowest BCUT2D eigenvalue weighted by molar-refractivity contribution is -0.144. The summed E-state index contributed by atoms with van der Waals surface area (Å²) in [5, 5.41) is 12.0. The van der Waals surface area contributed by atoms with Crippen LogP contribution in [0.15, 0.2) is 24.3 Å². The van der Waals surface area contributed by atoms with Crippen LogP contribution in [0.1, 0.15) is 31.2 Å². The summed E-state index contributed by atoms with van der Waals surface area (Å²) in [7, 11) is 1.62. The number of rotatable bonds is 6. The van der Waals surface area contributed by atoms with Crippen molar-refractivity contribution >= 4 is 11.9 Å². The largest absolute Gasteiger partial charge is 0.480 e. The van der Waals surface area contributed by atoms with Crippen molar-refractivity contribution in [3.63, 3.8) is 0 Å². The Kier molecular flexibility index (Phi) is 6.10. The highest BCUT2D eigenvalue weighted by molar-refractivity contribution is 5.85. The number of carboxylic acids is 1. The van der Waals surface area contributed by atoms with Crippen molar-refractivity contribution in [2.24, 2.45) is 5.92 Å². The number of aliphatic carboxylic acids is 1. The van der Waals surface area contributed by atoms with E-state index in [1.54, 1.807) is 13.2 Å². The molecule has 0 heterocycles. The van der Waals surface area contributed by atoms with E-state index >= 15 is 0 Å². The molecule has 0 aliphatic heterocycles. The number of halogens is 1. The van der Waals surface area contributed by atoms with Crippen molar-refractivity contribution in [3.05, 3.63) is 35.6 Å². The second kappa shape index (κ2) is 8.06. The third kappa shape index (κ3) is 5.03. The molecule has 1 saturated carbocycles. The van der Waals surface area contributed by atoms with Crippen LogP contribution in [0.3, 0.4) is 0 Å². The zero-order valence-corrected chi connectivity index (χ0v) is 13.1. The van der Waals surface area contributed by atoms with Gasteiger partial charge in [0.15, 0.2) is 0 Å². The predicted molar refractivity (Wildman–Crippen MR) is 82.4 cm³/mol. The van der Waals surface area contributed by atoms with Crippen LogP contribution < -0.4 is 5.32 Å². The van der Waals surface area contributed by atoms with E-state index in [1.807, 2.05) is 0 Å². The molecule has 23 heavy (non-hydrogen) atoms. The van der Waals surface area contributed by atoms with Crippen molar-refractivity contribution < 1.29 is 23.8 Å². The highest BCUT2D eigenvalue weighted by Gasteiger charge is 2.33. The number of hydrogen-bond donors (Lipinski definition) is 2. The van der Waals surface area contributed by atoms with Crippen molar-refractivity contribution in [2.45, 2.75) is 44.2 Å². The fourth-order valence-corrected chi connectivity index (χ4v) is 3.14. The van der Waals surface area contributed by atoms with E-state index in [1.165, 1.54) is 18.2 Å². The number of carbonyl (C=O) groups excluding carboxylic acids is 1. The Balaban J connectivity index is 1.98. The molecule has 0 aromatic heterocycles. The molecular formula is C17H22FNO4. The standard InChI is InChI=1S/C17H22FNO4/c1-23-14-7-3-5-12(10-14)16(17(21)22)19-15(20)9-11-4-2-6-13(18)8-11/h2,4,6,8,12,14,16H,3,5,7,9-10H2,1H3,(H,19,20)(H,21,22). The van der Waals surface area contributed by atoms with E-state index in [4.69, 9.17) is 4.74 Å². The molecule has 1 amide bonds. The first-order valence-corrected chi connectivity index (χ1v) is 7.79. The third-order valence-electron chi connectivity index (χ3n) is 4.31. The van der Waals surface area contributed by atoms with Crippen molar-refractivity contribution in [1.29, 1.82) is 0 Å². The summed E-state index contributed by atoms with van der Waals surface area (Å²) >= 11 is 0. The Hall–Kier alpha value is -1.95. The van der Waals surface area contributed by atoms with Gasteiger partial charge in [-0.05, 0) is 42.9 Å². The lowest BCUT2D eigenvalue weighted by atomic mass is 9.82. The predicted octanol–water partition coefficient (Wildman–Crippen LogP) is 2.14. The molecule has 3 unspecified atom stereocenters. The topological polar surface area (TPSA) is 75.6 Å². The maximum atomic E-state index is 13.1. The third-order valence-corrected chi connectivity index (χ3v) is 4.31. The average molecular weight is 323 g/mol. The van der Waals surface area contributed by atoms with Crippen molar-refractivity contribution in [2.75, 3.05) is 7.11 Å². The van der Waals surface area contributed by atoms with E-state index in [-0.39, 0.29) is 18.4 Å². The van der Waals surface area contributed by atoms with Crippen LogP contribution in [0.5, 0.6) is 0 Å². The molecule has 3 atom stereocenters. The molecule has 1 aromatic rings. The summed E-state index contributed by atoms with van der Waals surface area (Å²) in [5.74, 6) is -2.02. The first kappa shape index (κ1) is 17.4. The molecular weight excluding hydrogens is 301 g/mol. The molecule has 2 N–H and O–H groups in total. The Morgan fingerprint density at radius 1 is 1.43 bits per heavy atom. The van der Waals surface area contributed by atoms with E-state index in [9.17, 15) is 19.1 Å². The van der Waals surface area contributed by atoms with Crippen LogP contribution in [0.4, 0.5) is 4.39 Å². The number of hydrogen-bond acceptors (Lipinski definition) is 3. The number of carboxylic acid groups (broad SMARTS) is 1. The highest BCUT2D eigenvalue weighted by Crippen LogP contribution is 2.28. The Morgan fingerprint density at radius 3 is 2.87 bits per heavy atom. The molecule has 6 heteroatoms. The zero-order chi connectivity index (χ0) is 16.8. The molecule has 1 fully saturated rings. The molecule has 0 saturated heterocycles. The van der Waals surface area contributed by atoms with E-state index in [0.29, 0.717) is 12.0 Å². The van der Waals surface area contributed by atoms with Gasteiger partial charge in [0.25, 0.3) is 0 Å². The van der Waals surface area contributed by atoms with Crippen LogP contribution in [-0.2, 0) is 20.7 Å². The molecule has 0 radical (unpaired) electrons. The summed E-state index contributed by atoms with van der Waals surface area (Å²) in [6, 6.07) is 4.80. The van der Waals surface area contributed by atoms with E-state index in [2.05, 4.69) is 5.32 Å². The van der Waals surface area contributed by atoms with Gasteiger partial charge >= 0.3 is 5.97 Å². The monoisotopic (exact) mass is 323 g/mol. The number of ether oxygens (including phenoxy) is 1. The van der Waals surface area contributed by atoms with Crippen LogP contribution in [0, 0.1) is 11.7 Å². The molecule has 2 rings (SSSR count). The summed E-state index contributed by atoms with van der Waals surface area (Å²) in [5.41, 5.74) is 0.519. The first-order chi connectivity index (χ1) is 11.0. The summed E-state index contributed by atoms with van der Waals surface area (Å²) in [6.45, 7) is 0. The first-order valence-electron chi connectivity index (χ1n) is 7.79. The quantitative estimate of drug-likeness (QED) is 0.841. The molecule has 1 aliphatic carbocycles. The van der Waals surface area contributed by atoms with Crippen LogP contribution in [0.25, 0.3) is 0 Å². The van der Waals surface area contributed by atoms with Gasteiger partial charge in [0.2, 0.25) is 5.91 Å². The molecule has 5 nitrogen and oxygen atoms in total. The molecule has 126 valence electrons. The van der Waals surface area contributed by atoms with Gasteiger partial charge in [0.05, 0.1) is 12.5 Å². The highest BCUT2D eigenvalue weighted by atomic mass is 19.1. The van der Waals surface area contributed by atoms with Crippen LogP contribution in [0.2, 0.25) is 0 Å². The van der Waals surface area contributed by atoms with Gasteiger partial charge in [-0.25, -0.2) is 9.18 Å². The Morgan fingerprint density at radius 2 is 2.22 bits per heavy atom. The fraction of sp³-hybridized carbons (Fsp3) is 0.529. The molecule has 1 aliphatic rings. The van der Waals surface area contributed by atoms with Gasteiger partial charge in [-0.15, -0.1) is 0 Å². The van der Waals surface area contributed by atoms with E-state index < -0.39 is 23.7 Å².